The van der Waals surface area contributed by atoms with Crippen LogP contribution in [0.5, 0.6) is 0 Å². The summed E-state index contributed by atoms with van der Waals surface area (Å²) >= 11 is 5.95. The molecule has 1 aliphatic carbocycles. The normalized spacial score (nSPS) is 33.4. The van der Waals surface area contributed by atoms with Crippen molar-refractivity contribution in [3.05, 3.63) is 34.9 Å². The van der Waals surface area contributed by atoms with Crippen LogP contribution in [-0.4, -0.2) is 5.11 Å². The second kappa shape index (κ2) is 2.48. The molecule has 12 heavy (non-hydrogen) atoms. The first-order valence-electron chi connectivity index (χ1n) is 4.12. The van der Waals surface area contributed by atoms with E-state index in [1.165, 1.54) is 0 Å². The van der Waals surface area contributed by atoms with Gasteiger partial charge in [-0.15, -0.1) is 0 Å². The van der Waals surface area contributed by atoms with E-state index in [4.69, 9.17) is 11.6 Å². The molecule has 0 radical (unpaired) electrons. The zero-order valence-corrected chi connectivity index (χ0v) is 7.67. The summed E-state index contributed by atoms with van der Waals surface area (Å²) in [6.07, 6.45) is 0.830. The van der Waals surface area contributed by atoms with E-state index in [0.29, 0.717) is 10.9 Å². The molecule has 0 spiro atoms. The van der Waals surface area contributed by atoms with E-state index >= 15 is 0 Å². The van der Waals surface area contributed by atoms with Crippen LogP contribution in [0.3, 0.4) is 0 Å². The fraction of sp³-hybridized carbons (Fsp3) is 0.400. The molecule has 0 amide bonds. The van der Waals surface area contributed by atoms with E-state index in [0.717, 1.165) is 12.0 Å². The fourth-order valence-corrected chi connectivity index (χ4v) is 1.89. The predicted molar refractivity (Wildman–Crippen MR) is 49.1 cm³/mol. The maximum Gasteiger partial charge on any atom is 0.0941 e. The molecule has 1 aromatic rings. The Labute approximate surface area is 77.0 Å². The van der Waals surface area contributed by atoms with Gasteiger partial charge in [-0.1, -0.05) is 36.7 Å². The van der Waals surface area contributed by atoms with Crippen LogP contribution in [-0.2, 0) is 5.60 Å². The Morgan fingerprint density at radius 2 is 2.08 bits per heavy atom. The molecule has 0 heterocycles. The van der Waals surface area contributed by atoms with E-state index in [1.54, 1.807) is 0 Å². The molecule has 1 aromatic carbocycles. The average Bonchev–Trinajstić information content (AvgIpc) is 2.61. The van der Waals surface area contributed by atoms with Crippen LogP contribution < -0.4 is 0 Å². The van der Waals surface area contributed by atoms with Crippen molar-refractivity contribution in [2.45, 2.75) is 18.9 Å². The largest absolute Gasteiger partial charge is 0.385 e. The van der Waals surface area contributed by atoms with E-state index in [1.807, 2.05) is 31.2 Å². The Hall–Kier alpha value is -0.530. The van der Waals surface area contributed by atoms with Gasteiger partial charge in [0.1, 0.15) is 0 Å². The van der Waals surface area contributed by atoms with E-state index in [-0.39, 0.29) is 0 Å². The van der Waals surface area contributed by atoms with Gasteiger partial charge in [0.25, 0.3) is 0 Å². The Morgan fingerprint density at radius 1 is 1.50 bits per heavy atom. The topological polar surface area (TPSA) is 20.2 Å². The maximum absolute atomic E-state index is 9.96. The summed E-state index contributed by atoms with van der Waals surface area (Å²) < 4.78 is 0. The summed E-state index contributed by atoms with van der Waals surface area (Å²) in [6, 6.07) is 7.50. The van der Waals surface area contributed by atoms with Crippen molar-refractivity contribution in [3.63, 3.8) is 0 Å². The maximum atomic E-state index is 9.96. The van der Waals surface area contributed by atoms with Gasteiger partial charge in [0.2, 0.25) is 0 Å². The third kappa shape index (κ3) is 1.05. The number of rotatable bonds is 1. The quantitative estimate of drug-likeness (QED) is 0.708. The molecule has 1 aliphatic rings. The first kappa shape index (κ1) is 8.09. The summed E-state index contributed by atoms with van der Waals surface area (Å²) in [7, 11) is 0. The molecule has 0 aromatic heterocycles. The van der Waals surface area contributed by atoms with Gasteiger partial charge >= 0.3 is 0 Å². The number of aliphatic hydroxyl groups is 1. The molecule has 0 bridgehead atoms. The monoisotopic (exact) mass is 182 g/mol. The third-order valence-corrected chi connectivity index (χ3v) is 2.94. The van der Waals surface area contributed by atoms with Gasteiger partial charge in [-0.05, 0) is 18.4 Å². The Bertz CT molecular complexity index is 310. The van der Waals surface area contributed by atoms with Crippen molar-refractivity contribution < 1.29 is 5.11 Å². The minimum atomic E-state index is -0.641. The molecule has 0 saturated heterocycles. The molecule has 2 heteroatoms. The van der Waals surface area contributed by atoms with Crippen LogP contribution in [0.2, 0.25) is 5.02 Å². The summed E-state index contributed by atoms with van der Waals surface area (Å²) in [5.41, 5.74) is 0.234. The van der Waals surface area contributed by atoms with Crippen LogP contribution >= 0.6 is 11.6 Å². The lowest BCUT2D eigenvalue weighted by Crippen LogP contribution is -2.07. The highest BCUT2D eigenvalue weighted by Gasteiger charge is 2.51. The molecule has 1 fully saturated rings. The molecule has 0 aliphatic heterocycles. The van der Waals surface area contributed by atoms with Crippen molar-refractivity contribution in [2.75, 3.05) is 0 Å². The smallest absolute Gasteiger partial charge is 0.0941 e. The Kier molecular flexibility index (Phi) is 1.67. The number of benzene rings is 1. The molecule has 64 valence electrons. The fourth-order valence-electron chi connectivity index (χ4n) is 1.60. The molecular weight excluding hydrogens is 172 g/mol. The van der Waals surface area contributed by atoms with Gasteiger partial charge in [0.15, 0.2) is 0 Å². The number of halogens is 1. The molecule has 1 saturated carbocycles. The van der Waals surface area contributed by atoms with Crippen LogP contribution in [0.25, 0.3) is 0 Å². The van der Waals surface area contributed by atoms with Crippen LogP contribution in [0.15, 0.2) is 24.3 Å². The van der Waals surface area contributed by atoms with Gasteiger partial charge in [0.05, 0.1) is 5.60 Å². The third-order valence-electron chi connectivity index (χ3n) is 2.61. The van der Waals surface area contributed by atoms with Gasteiger partial charge in [0, 0.05) is 10.6 Å². The first-order chi connectivity index (χ1) is 5.64. The summed E-state index contributed by atoms with van der Waals surface area (Å²) in [4.78, 5) is 0. The van der Waals surface area contributed by atoms with Gasteiger partial charge in [-0.2, -0.15) is 0 Å². The van der Waals surface area contributed by atoms with Crippen molar-refractivity contribution in [1.29, 1.82) is 0 Å². The van der Waals surface area contributed by atoms with Crippen LogP contribution in [0.1, 0.15) is 18.9 Å². The lowest BCUT2D eigenvalue weighted by atomic mass is 10.1. The standard InChI is InChI=1S/C10H11ClO/c1-7-6-10(7,12)8-4-2-3-5-9(8)11/h2-5,7,12H,6H2,1H3. The van der Waals surface area contributed by atoms with E-state index in [9.17, 15) is 5.11 Å². The zero-order valence-electron chi connectivity index (χ0n) is 6.92. The highest BCUT2D eigenvalue weighted by Crippen LogP contribution is 2.53. The zero-order chi connectivity index (χ0) is 8.77. The minimum absolute atomic E-state index is 0.345. The second-order valence-corrected chi connectivity index (χ2v) is 3.92. The van der Waals surface area contributed by atoms with Gasteiger partial charge in [-0.25, -0.2) is 0 Å². The van der Waals surface area contributed by atoms with Crippen LogP contribution in [0.4, 0.5) is 0 Å². The van der Waals surface area contributed by atoms with Gasteiger partial charge in [-0.3, -0.25) is 0 Å². The molecule has 2 unspecified atom stereocenters. The van der Waals surface area contributed by atoms with Crippen molar-refractivity contribution >= 4 is 11.6 Å². The second-order valence-electron chi connectivity index (χ2n) is 3.51. The highest BCUT2D eigenvalue weighted by molar-refractivity contribution is 6.31. The molecule has 1 nitrogen and oxygen atoms in total. The number of hydrogen-bond donors (Lipinski definition) is 1. The molecule has 2 rings (SSSR count). The minimum Gasteiger partial charge on any atom is -0.385 e. The SMILES string of the molecule is CC1CC1(O)c1ccccc1Cl. The van der Waals surface area contributed by atoms with E-state index in [2.05, 4.69) is 0 Å². The lowest BCUT2D eigenvalue weighted by molar-refractivity contribution is 0.135. The summed E-state index contributed by atoms with van der Waals surface area (Å²) in [5, 5.41) is 10.6. The molecule has 1 N–H and O–H groups in total. The Balaban J connectivity index is 2.41. The van der Waals surface area contributed by atoms with Crippen molar-refractivity contribution in [3.8, 4) is 0 Å². The molecule has 2 atom stereocenters. The number of hydrogen-bond acceptors (Lipinski definition) is 1. The Morgan fingerprint density at radius 3 is 2.58 bits per heavy atom. The van der Waals surface area contributed by atoms with Gasteiger partial charge < -0.3 is 5.11 Å². The predicted octanol–water partition coefficient (Wildman–Crippen LogP) is 2.57. The first-order valence-corrected chi connectivity index (χ1v) is 4.50. The lowest BCUT2D eigenvalue weighted by Gasteiger charge is -2.10. The highest BCUT2D eigenvalue weighted by atomic mass is 35.5. The molecular formula is C10H11ClO. The van der Waals surface area contributed by atoms with E-state index < -0.39 is 5.60 Å². The van der Waals surface area contributed by atoms with Crippen molar-refractivity contribution in [2.24, 2.45) is 5.92 Å². The summed E-state index contributed by atoms with van der Waals surface area (Å²) in [5.74, 6) is 0.345. The average molecular weight is 183 g/mol. The van der Waals surface area contributed by atoms with Crippen molar-refractivity contribution in [1.82, 2.24) is 0 Å². The van der Waals surface area contributed by atoms with Crippen LogP contribution in [0, 0.1) is 5.92 Å². The summed E-state index contributed by atoms with van der Waals surface area (Å²) in [6.45, 7) is 2.03.